The molecular formula is C18H12N2O2. The molecule has 0 radical (unpaired) electrons. The molecule has 22 heavy (non-hydrogen) atoms. The SMILES string of the molecule is Oc1c(-c2ncc3ccccc3c2O)ncc2ccccc12. The average molecular weight is 288 g/mol. The molecule has 4 heteroatoms. The van der Waals surface area contributed by atoms with Gasteiger partial charge in [-0.2, -0.15) is 0 Å². The molecule has 0 aliphatic heterocycles. The zero-order valence-corrected chi connectivity index (χ0v) is 11.6. The van der Waals surface area contributed by atoms with Gasteiger partial charge in [0, 0.05) is 33.9 Å². The van der Waals surface area contributed by atoms with Gasteiger partial charge >= 0.3 is 0 Å². The maximum atomic E-state index is 10.5. The van der Waals surface area contributed by atoms with E-state index in [4.69, 9.17) is 0 Å². The van der Waals surface area contributed by atoms with E-state index in [-0.39, 0.29) is 22.9 Å². The Balaban J connectivity index is 2.03. The second-order valence-electron chi connectivity index (χ2n) is 5.09. The van der Waals surface area contributed by atoms with E-state index >= 15 is 0 Å². The van der Waals surface area contributed by atoms with Crippen molar-refractivity contribution in [1.82, 2.24) is 9.97 Å². The van der Waals surface area contributed by atoms with Crippen molar-refractivity contribution >= 4 is 21.5 Å². The number of fused-ring (bicyclic) bond motifs is 2. The maximum Gasteiger partial charge on any atom is 0.151 e. The molecule has 2 aromatic carbocycles. The van der Waals surface area contributed by atoms with Crippen molar-refractivity contribution in [3.63, 3.8) is 0 Å². The molecule has 0 fully saturated rings. The fraction of sp³-hybridized carbons (Fsp3) is 0. The lowest BCUT2D eigenvalue weighted by atomic mass is 10.1. The summed E-state index contributed by atoms with van der Waals surface area (Å²) in [6, 6.07) is 14.8. The number of pyridine rings is 2. The fourth-order valence-corrected chi connectivity index (χ4v) is 2.64. The van der Waals surface area contributed by atoms with Crippen LogP contribution in [-0.2, 0) is 0 Å². The second-order valence-corrected chi connectivity index (χ2v) is 5.09. The van der Waals surface area contributed by atoms with E-state index in [0.717, 1.165) is 10.8 Å². The van der Waals surface area contributed by atoms with Crippen LogP contribution >= 0.6 is 0 Å². The molecule has 0 spiro atoms. The average Bonchev–Trinajstić information content (AvgIpc) is 2.57. The second kappa shape index (κ2) is 4.70. The van der Waals surface area contributed by atoms with Gasteiger partial charge in [0.25, 0.3) is 0 Å². The largest absolute Gasteiger partial charge is 0.505 e. The Morgan fingerprint density at radius 1 is 0.591 bits per heavy atom. The van der Waals surface area contributed by atoms with E-state index in [1.807, 2.05) is 48.5 Å². The molecule has 0 bridgehead atoms. The molecule has 4 aromatic rings. The Bertz CT molecular complexity index is 929. The maximum absolute atomic E-state index is 10.5. The normalized spacial score (nSPS) is 11.1. The first-order valence-electron chi connectivity index (χ1n) is 6.89. The predicted octanol–water partition coefficient (Wildman–Crippen LogP) is 3.86. The summed E-state index contributed by atoms with van der Waals surface area (Å²) in [7, 11) is 0. The molecule has 0 aliphatic rings. The van der Waals surface area contributed by atoms with Crippen molar-refractivity contribution in [2.45, 2.75) is 0 Å². The van der Waals surface area contributed by atoms with E-state index in [2.05, 4.69) is 9.97 Å². The molecule has 0 atom stereocenters. The summed E-state index contributed by atoms with van der Waals surface area (Å²) in [6.45, 7) is 0. The van der Waals surface area contributed by atoms with Gasteiger partial charge < -0.3 is 10.2 Å². The molecular weight excluding hydrogens is 276 g/mol. The van der Waals surface area contributed by atoms with E-state index in [1.54, 1.807) is 12.4 Å². The third kappa shape index (κ3) is 1.78. The molecule has 0 aliphatic carbocycles. The van der Waals surface area contributed by atoms with Crippen LogP contribution in [0.3, 0.4) is 0 Å². The van der Waals surface area contributed by atoms with Gasteiger partial charge in [0.05, 0.1) is 0 Å². The highest BCUT2D eigenvalue weighted by Crippen LogP contribution is 2.39. The lowest BCUT2D eigenvalue weighted by Gasteiger charge is -2.09. The smallest absolute Gasteiger partial charge is 0.151 e. The molecule has 4 rings (SSSR count). The van der Waals surface area contributed by atoms with Gasteiger partial charge in [0.15, 0.2) is 11.5 Å². The van der Waals surface area contributed by atoms with E-state index < -0.39 is 0 Å². The Kier molecular flexibility index (Phi) is 2.69. The Morgan fingerprint density at radius 2 is 1.00 bits per heavy atom. The summed E-state index contributed by atoms with van der Waals surface area (Å²) >= 11 is 0. The minimum atomic E-state index is 0.0242. The summed E-state index contributed by atoms with van der Waals surface area (Å²) in [5, 5.41) is 24.0. The van der Waals surface area contributed by atoms with Crippen LogP contribution in [0.15, 0.2) is 60.9 Å². The predicted molar refractivity (Wildman–Crippen MR) is 85.8 cm³/mol. The van der Waals surface area contributed by atoms with Crippen LogP contribution < -0.4 is 0 Å². The molecule has 106 valence electrons. The number of hydrogen-bond acceptors (Lipinski definition) is 4. The van der Waals surface area contributed by atoms with Crippen LogP contribution in [0.2, 0.25) is 0 Å². The standard InChI is InChI=1S/C18H12N2O2/c21-17-13-7-3-1-5-11(13)9-19-15(17)16-18(22)14-8-4-2-6-12(14)10-20-16/h1-10,21-22H. The summed E-state index contributed by atoms with van der Waals surface area (Å²) in [4.78, 5) is 8.54. The number of aromatic nitrogens is 2. The Morgan fingerprint density at radius 3 is 1.45 bits per heavy atom. The number of benzene rings is 2. The van der Waals surface area contributed by atoms with Crippen LogP contribution in [0.5, 0.6) is 11.5 Å². The lowest BCUT2D eigenvalue weighted by molar-refractivity contribution is 0.472. The number of rotatable bonds is 1. The van der Waals surface area contributed by atoms with Crippen LogP contribution in [-0.4, -0.2) is 20.2 Å². The minimum absolute atomic E-state index is 0.0242. The Hall–Kier alpha value is -3.14. The molecule has 2 N–H and O–H groups in total. The van der Waals surface area contributed by atoms with Crippen molar-refractivity contribution < 1.29 is 10.2 Å². The molecule has 0 saturated heterocycles. The zero-order valence-electron chi connectivity index (χ0n) is 11.6. The van der Waals surface area contributed by atoms with Gasteiger partial charge in [-0.25, -0.2) is 9.97 Å². The third-order valence-corrected chi connectivity index (χ3v) is 3.77. The molecule has 4 nitrogen and oxygen atoms in total. The van der Waals surface area contributed by atoms with E-state index in [0.29, 0.717) is 10.8 Å². The van der Waals surface area contributed by atoms with Gasteiger partial charge in [-0.3, -0.25) is 0 Å². The Labute approximate surface area is 126 Å². The van der Waals surface area contributed by atoms with Gasteiger partial charge in [0.2, 0.25) is 0 Å². The number of aromatic hydroxyl groups is 2. The molecule has 0 unspecified atom stereocenters. The van der Waals surface area contributed by atoms with Gasteiger partial charge in [0.1, 0.15) is 11.4 Å². The fourth-order valence-electron chi connectivity index (χ4n) is 2.64. The summed E-state index contributed by atoms with van der Waals surface area (Å²) in [5.41, 5.74) is 0.559. The molecule has 0 saturated carbocycles. The van der Waals surface area contributed by atoms with Gasteiger partial charge in [-0.15, -0.1) is 0 Å². The van der Waals surface area contributed by atoms with Crippen molar-refractivity contribution in [3.8, 4) is 22.9 Å². The minimum Gasteiger partial charge on any atom is -0.505 e. The van der Waals surface area contributed by atoms with Crippen LogP contribution in [0.4, 0.5) is 0 Å². The van der Waals surface area contributed by atoms with Crippen molar-refractivity contribution in [3.05, 3.63) is 60.9 Å². The van der Waals surface area contributed by atoms with Crippen LogP contribution in [0.1, 0.15) is 0 Å². The summed E-state index contributed by atoms with van der Waals surface area (Å²) in [5.74, 6) is 0.0485. The van der Waals surface area contributed by atoms with Crippen molar-refractivity contribution in [1.29, 1.82) is 0 Å². The van der Waals surface area contributed by atoms with Gasteiger partial charge in [-0.1, -0.05) is 48.5 Å². The first-order chi connectivity index (χ1) is 10.8. The molecule has 2 aromatic heterocycles. The lowest BCUT2D eigenvalue weighted by Crippen LogP contribution is -1.91. The van der Waals surface area contributed by atoms with Crippen LogP contribution in [0.25, 0.3) is 32.9 Å². The molecule has 2 heterocycles. The zero-order chi connectivity index (χ0) is 15.1. The molecule has 0 amide bonds. The third-order valence-electron chi connectivity index (χ3n) is 3.77. The highest BCUT2D eigenvalue weighted by atomic mass is 16.3. The number of nitrogens with zero attached hydrogens (tertiary/aromatic N) is 2. The van der Waals surface area contributed by atoms with Crippen molar-refractivity contribution in [2.24, 2.45) is 0 Å². The number of hydrogen-bond donors (Lipinski definition) is 2. The summed E-state index contributed by atoms with van der Waals surface area (Å²) < 4.78 is 0. The quantitative estimate of drug-likeness (QED) is 0.558. The van der Waals surface area contributed by atoms with Crippen LogP contribution in [0, 0.1) is 0 Å². The topological polar surface area (TPSA) is 66.2 Å². The van der Waals surface area contributed by atoms with Crippen molar-refractivity contribution in [2.75, 3.05) is 0 Å². The first-order valence-corrected chi connectivity index (χ1v) is 6.89. The highest BCUT2D eigenvalue weighted by Gasteiger charge is 2.16. The highest BCUT2D eigenvalue weighted by molar-refractivity contribution is 5.96. The van der Waals surface area contributed by atoms with E-state index in [9.17, 15) is 10.2 Å². The van der Waals surface area contributed by atoms with E-state index in [1.165, 1.54) is 0 Å². The van der Waals surface area contributed by atoms with Gasteiger partial charge in [-0.05, 0) is 0 Å². The summed E-state index contributed by atoms with van der Waals surface area (Å²) in [6.07, 6.45) is 3.33. The first kappa shape index (κ1) is 12.6. The monoisotopic (exact) mass is 288 g/mol.